The molecule has 1 atom stereocenters. The molecule has 2 aromatic rings. The predicted octanol–water partition coefficient (Wildman–Crippen LogP) is 1.84. The van der Waals surface area contributed by atoms with E-state index >= 15 is 0 Å². The number of rotatable bonds is 5. The summed E-state index contributed by atoms with van der Waals surface area (Å²) in [7, 11) is 0. The van der Waals surface area contributed by atoms with Crippen molar-refractivity contribution in [3.8, 4) is 0 Å². The highest BCUT2D eigenvalue weighted by atomic mass is 32.1. The van der Waals surface area contributed by atoms with Crippen LogP contribution in [-0.2, 0) is 0 Å². The molecule has 0 spiro atoms. The topological polar surface area (TPSA) is 98.5 Å². The number of nitrogens with one attached hydrogen (secondary N) is 1. The monoisotopic (exact) mass is 281 g/mol. The summed E-state index contributed by atoms with van der Waals surface area (Å²) in [5.74, 6) is 0.769. The third-order valence-corrected chi connectivity index (χ3v) is 4.47. The second kappa shape index (κ2) is 4.17. The zero-order chi connectivity index (χ0) is 13.6. The molecule has 0 amide bonds. The van der Waals surface area contributed by atoms with Gasteiger partial charge in [-0.3, -0.25) is 0 Å². The van der Waals surface area contributed by atoms with Crippen LogP contribution in [0.15, 0.2) is 11.6 Å². The lowest BCUT2D eigenvalue weighted by atomic mass is 9.96. The second-order valence-electron chi connectivity index (χ2n) is 5.12. The van der Waals surface area contributed by atoms with Gasteiger partial charge < -0.3 is 21.2 Å². The van der Waals surface area contributed by atoms with Crippen molar-refractivity contribution in [2.75, 3.05) is 11.9 Å². The quantitative estimate of drug-likeness (QED) is 0.643. The molecule has 19 heavy (non-hydrogen) atoms. The molecule has 2 heterocycles. The van der Waals surface area contributed by atoms with Gasteiger partial charge in [0.15, 0.2) is 0 Å². The minimum Gasteiger partial charge on any atom is -0.358 e. The van der Waals surface area contributed by atoms with E-state index in [0.29, 0.717) is 23.2 Å². The van der Waals surface area contributed by atoms with E-state index in [1.165, 1.54) is 15.7 Å². The minimum atomic E-state index is -0.404. The van der Waals surface area contributed by atoms with Crippen LogP contribution >= 0.6 is 11.3 Å². The minimum absolute atomic E-state index is 0.0171. The largest absolute Gasteiger partial charge is 0.372 e. The van der Waals surface area contributed by atoms with Crippen molar-refractivity contribution >= 4 is 27.9 Å². The molecule has 3 N–H and O–H groups in total. The molecule has 7 nitrogen and oxygen atoms in total. The van der Waals surface area contributed by atoms with E-state index in [9.17, 15) is 10.1 Å². The number of nitro groups is 1. The maximum absolute atomic E-state index is 11.2. The number of hydrogen-bond acceptors (Lipinski definition) is 6. The average Bonchev–Trinajstić information content (AvgIpc) is 3.04. The molecule has 1 saturated carbocycles. The standard InChI is InChI=1S/C11H15N5O2S/c1-11(6-12,7-2-3-7)14-8-9(16(17)18)15-4-5-19-10(15)13-8/h4-5,7,14H,2-3,6,12H2,1H3. The molecule has 1 aliphatic rings. The van der Waals surface area contributed by atoms with Crippen LogP contribution in [0.5, 0.6) is 0 Å². The van der Waals surface area contributed by atoms with Gasteiger partial charge in [-0.05, 0) is 30.6 Å². The maximum Gasteiger partial charge on any atom is 0.372 e. The molecule has 0 aromatic carbocycles. The van der Waals surface area contributed by atoms with Crippen molar-refractivity contribution in [1.82, 2.24) is 9.38 Å². The van der Waals surface area contributed by atoms with Crippen molar-refractivity contribution < 1.29 is 4.92 Å². The Labute approximate surface area is 113 Å². The Bertz CT molecular complexity index is 632. The predicted molar refractivity (Wildman–Crippen MR) is 73.5 cm³/mol. The molecule has 0 saturated heterocycles. The first-order valence-corrected chi connectivity index (χ1v) is 7.01. The molecule has 0 aliphatic heterocycles. The van der Waals surface area contributed by atoms with Crippen LogP contribution in [0.2, 0.25) is 0 Å². The van der Waals surface area contributed by atoms with E-state index in [0.717, 1.165) is 12.8 Å². The smallest absolute Gasteiger partial charge is 0.358 e. The first-order valence-electron chi connectivity index (χ1n) is 6.13. The lowest BCUT2D eigenvalue weighted by Crippen LogP contribution is -2.44. The normalized spacial score (nSPS) is 18.4. The SMILES string of the molecule is CC(CN)(Nc1nc2sccn2c1[N+](=O)[O-])C1CC1. The summed E-state index contributed by atoms with van der Waals surface area (Å²) < 4.78 is 1.50. The van der Waals surface area contributed by atoms with Crippen molar-refractivity contribution in [3.63, 3.8) is 0 Å². The molecule has 0 radical (unpaired) electrons. The molecule has 8 heteroatoms. The van der Waals surface area contributed by atoms with Gasteiger partial charge in [0.1, 0.15) is 6.20 Å². The maximum atomic E-state index is 11.2. The van der Waals surface area contributed by atoms with Crippen molar-refractivity contribution in [2.45, 2.75) is 25.3 Å². The van der Waals surface area contributed by atoms with Gasteiger partial charge >= 0.3 is 5.82 Å². The summed E-state index contributed by atoms with van der Waals surface area (Å²) in [5, 5.41) is 16.2. The van der Waals surface area contributed by atoms with Crippen LogP contribution in [-0.4, -0.2) is 26.4 Å². The van der Waals surface area contributed by atoms with E-state index in [1.807, 2.05) is 6.92 Å². The number of thiazole rings is 1. The Kier molecular flexibility index (Phi) is 2.72. The Hall–Kier alpha value is -1.67. The number of anilines is 1. The first-order chi connectivity index (χ1) is 9.05. The average molecular weight is 281 g/mol. The van der Waals surface area contributed by atoms with Gasteiger partial charge in [0.25, 0.3) is 4.96 Å². The number of imidazole rings is 1. The lowest BCUT2D eigenvalue weighted by molar-refractivity contribution is -0.389. The number of nitrogens with two attached hydrogens (primary N) is 1. The van der Waals surface area contributed by atoms with Gasteiger partial charge in [-0.25, -0.2) is 0 Å². The van der Waals surface area contributed by atoms with Gasteiger partial charge in [0.05, 0.1) is 5.54 Å². The summed E-state index contributed by atoms with van der Waals surface area (Å²) in [5.41, 5.74) is 5.50. The summed E-state index contributed by atoms with van der Waals surface area (Å²) >= 11 is 1.37. The summed E-state index contributed by atoms with van der Waals surface area (Å²) in [4.78, 5) is 15.8. The molecule has 102 valence electrons. The van der Waals surface area contributed by atoms with Crippen LogP contribution in [0, 0.1) is 16.0 Å². The number of nitrogens with zero attached hydrogens (tertiary/aromatic N) is 3. The van der Waals surface area contributed by atoms with E-state index in [-0.39, 0.29) is 11.4 Å². The van der Waals surface area contributed by atoms with Gasteiger partial charge in [-0.15, -0.1) is 0 Å². The van der Waals surface area contributed by atoms with Gasteiger partial charge in [0, 0.05) is 11.9 Å². The van der Waals surface area contributed by atoms with Crippen LogP contribution in [0.25, 0.3) is 4.96 Å². The number of aromatic nitrogens is 2. The fourth-order valence-corrected chi connectivity index (χ4v) is 3.05. The Morgan fingerprint density at radius 1 is 1.74 bits per heavy atom. The molecule has 3 rings (SSSR count). The number of fused-ring (bicyclic) bond motifs is 1. The molecule has 1 aliphatic carbocycles. The zero-order valence-electron chi connectivity index (χ0n) is 10.5. The molecule has 1 fully saturated rings. The molecular weight excluding hydrogens is 266 g/mol. The highest BCUT2D eigenvalue weighted by Gasteiger charge is 2.42. The molecular formula is C11H15N5O2S. The second-order valence-corrected chi connectivity index (χ2v) is 5.99. The fourth-order valence-electron chi connectivity index (χ4n) is 2.34. The molecule has 2 aromatic heterocycles. The van der Waals surface area contributed by atoms with Crippen LogP contribution in [0.3, 0.4) is 0 Å². The lowest BCUT2D eigenvalue weighted by Gasteiger charge is -2.29. The van der Waals surface area contributed by atoms with Crippen molar-refractivity contribution in [3.05, 3.63) is 21.7 Å². The first kappa shape index (κ1) is 12.4. The van der Waals surface area contributed by atoms with Crippen LogP contribution in [0.4, 0.5) is 11.6 Å². The third-order valence-electron chi connectivity index (χ3n) is 3.72. The van der Waals surface area contributed by atoms with E-state index in [4.69, 9.17) is 5.73 Å². The third kappa shape index (κ3) is 1.96. The van der Waals surface area contributed by atoms with Crippen molar-refractivity contribution in [1.29, 1.82) is 0 Å². The fraction of sp³-hybridized carbons (Fsp3) is 0.545. The summed E-state index contributed by atoms with van der Waals surface area (Å²) in [6, 6.07) is 0. The van der Waals surface area contributed by atoms with E-state index in [1.54, 1.807) is 11.6 Å². The van der Waals surface area contributed by atoms with Gasteiger partial charge in [0.2, 0.25) is 5.82 Å². The zero-order valence-corrected chi connectivity index (χ0v) is 11.3. The Morgan fingerprint density at radius 3 is 3.05 bits per heavy atom. The van der Waals surface area contributed by atoms with Gasteiger partial charge in [-0.2, -0.15) is 9.38 Å². The van der Waals surface area contributed by atoms with Gasteiger partial charge in [-0.1, -0.05) is 11.3 Å². The highest BCUT2D eigenvalue weighted by molar-refractivity contribution is 7.15. The Morgan fingerprint density at radius 2 is 2.47 bits per heavy atom. The van der Waals surface area contributed by atoms with E-state index in [2.05, 4.69) is 10.3 Å². The van der Waals surface area contributed by atoms with Crippen LogP contribution in [0.1, 0.15) is 19.8 Å². The van der Waals surface area contributed by atoms with E-state index < -0.39 is 4.92 Å². The van der Waals surface area contributed by atoms with Crippen molar-refractivity contribution in [2.24, 2.45) is 11.7 Å². The summed E-state index contributed by atoms with van der Waals surface area (Å²) in [6.45, 7) is 2.43. The molecule has 0 bridgehead atoms. The Balaban J connectivity index is 2.02. The molecule has 1 unspecified atom stereocenters. The highest BCUT2D eigenvalue weighted by Crippen LogP contribution is 2.42. The number of hydrogen-bond donors (Lipinski definition) is 2. The summed E-state index contributed by atoms with van der Waals surface area (Å²) in [6.07, 6.45) is 3.88. The van der Waals surface area contributed by atoms with Crippen LogP contribution < -0.4 is 11.1 Å².